The van der Waals surface area contributed by atoms with Crippen LogP contribution in [-0.2, 0) is 9.59 Å². The molecule has 24 heavy (non-hydrogen) atoms. The number of benzene rings is 1. The fourth-order valence-electron chi connectivity index (χ4n) is 2.81. The van der Waals surface area contributed by atoms with Crippen LogP contribution in [-0.4, -0.2) is 34.8 Å². The van der Waals surface area contributed by atoms with Gasteiger partial charge in [-0.1, -0.05) is 31.9 Å². The van der Waals surface area contributed by atoms with Crippen molar-refractivity contribution in [1.29, 1.82) is 0 Å². The molecule has 6 nitrogen and oxygen atoms in total. The molecule has 2 rings (SSSR count). The largest absolute Gasteiger partial charge is 0.325 e. The van der Waals surface area contributed by atoms with E-state index >= 15 is 0 Å². The molecule has 1 aromatic carbocycles. The zero-order chi connectivity index (χ0) is 17.9. The van der Waals surface area contributed by atoms with Gasteiger partial charge in [0.05, 0.1) is 0 Å². The first-order chi connectivity index (χ1) is 11.3. The number of nitrogens with one attached hydrogen (secondary N) is 2. The molecule has 1 heterocycles. The molecule has 1 aliphatic heterocycles. The monoisotopic (exact) mass is 331 g/mol. The third kappa shape index (κ3) is 3.58. The summed E-state index contributed by atoms with van der Waals surface area (Å²) in [7, 11) is 0. The summed E-state index contributed by atoms with van der Waals surface area (Å²) in [5, 5.41) is 5.49. The minimum atomic E-state index is -0.910. The van der Waals surface area contributed by atoms with E-state index in [-0.39, 0.29) is 18.4 Å². The Morgan fingerprint density at radius 1 is 1.29 bits per heavy atom. The maximum atomic E-state index is 12.5. The van der Waals surface area contributed by atoms with E-state index in [0.29, 0.717) is 12.1 Å². The fraction of sp³-hybridized carbons (Fsp3) is 0.500. The summed E-state index contributed by atoms with van der Waals surface area (Å²) in [6, 6.07) is 5.11. The summed E-state index contributed by atoms with van der Waals surface area (Å²) in [5.74, 6) is -0.719. The number of carbonyl (C=O) groups is 3. The van der Waals surface area contributed by atoms with Crippen LogP contribution in [0.4, 0.5) is 10.5 Å². The second-order valence-electron chi connectivity index (χ2n) is 6.55. The first-order valence-corrected chi connectivity index (χ1v) is 8.28. The number of aryl methyl sites for hydroxylation is 1. The molecule has 1 aliphatic rings. The Kier molecular flexibility index (Phi) is 5.26. The molecule has 6 heteroatoms. The van der Waals surface area contributed by atoms with E-state index in [2.05, 4.69) is 10.6 Å². The molecule has 0 saturated carbocycles. The molecule has 1 unspecified atom stereocenters. The second kappa shape index (κ2) is 7.03. The molecular formula is C18H25N3O3. The predicted octanol–water partition coefficient (Wildman–Crippen LogP) is 2.74. The van der Waals surface area contributed by atoms with Crippen molar-refractivity contribution < 1.29 is 14.4 Å². The molecule has 4 amide bonds. The molecule has 0 aliphatic carbocycles. The number of anilines is 1. The lowest BCUT2D eigenvalue weighted by Crippen LogP contribution is -2.44. The van der Waals surface area contributed by atoms with Gasteiger partial charge in [-0.05, 0) is 44.4 Å². The van der Waals surface area contributed by atoms with Gasteiger partial charge in [-0.2, -0.15) is 0 Å². The quantitative estimate of drug-likeness (QED) is 0.787. The zero-order valence-corrected chi connectivity index (χ0v) is 14.7. The molecule has 0 bridgehead atoms. The molecular weight excluding hydrogens is 306 g/mol. The Morgan fingerprint density at radius 2 is 2.00 bits per heavy atom. The van der Waals surface area contributed by atoms with E-state index in [1.54, 1.807) is 13.0 Å². The van der Waals surface area contributed by atoms with E-state index in [1.165, 1.54) is 0 Å². The smallest absolute Gasteiger partial charge is 0.324 e. The zero-order valence-electron chi connectivity index (χ0n) is 14.7. The maximum Gasteiger partial charge on any atom is 0.325 e. The van der Waals surface area contributed by atoms with Crippen molar-refractivity contribution >= 4 is 23.5 Å². The van der Waals surface area contributed by atoms with Crippen LogP contribution in [0.3, 0.4) is 0 Å². The van der Waals surface area contributed by atoms with Crippen LogP contribution in [0, 0.1) is 13.8 Å². The topological polar surface area (TPSA) is 78.5 Å². The predicted molar refractivity (Wildman–Crippen MR) is 92.7 cm³/mol. The average Bonchev–Trinajstić information content (AvgIpc) is 2.74. The Morgan fingerprint density at radius 3 is 2.67 bits per heavy atom. The molecule has 1 atom stereocenters. The van der Waals surface area contributed by atoms with Crippen LogP contribution in [0.25, 0.3) is 0 Å². The van der Waals surface area contributed by atoms with Crippen molar-refractivity contribution in [3.05, 3.63) is 29.3 Å². The number of urea groups is 1. The third-order valence-electron chi connectivity index (χ3n) is 4.56. The summed E-state index contributed by atoms with van der Waals surface area (Å²) in [6.45, 7) is 7.34. The lowest BCUT2D eigenvalue weighted by atomic mass is 9.95. The van der Waals surface area contributed by atoms with Crippen LogP contribution < -0.4 is 10.6 Å². The Hall–Kier alpha value is -2.37. The number of hydrogen-bond acceptors (Lipinski definition) is 3. The summed E-state index contributed by atoms with van der Waals surface area (Å²) >= 11 is 0. The summed E-state index contributed by atoms with van der Waals surface area (Å²) in [5.41, 5.74) is 1.82. The van der Waals surface area contributed by atoms with E-state index in [1.807, 2.05) is 32.9 Å². The van der Waals surface area contributed by atoms with Crippen LogP contribution in [0.1, 0.15) is 44.2 Å². The summed E-state index contributed by atoms with van der Waals surface area (Å²) in [4.78, 5) is 37.9. The van der Waals surface area contributed by atoms with Crippen LogP contribution in [0.5, 0.6) is 0 Å². The third-order valence-corrected chi connectivity index (χ3v) is 4.56. The lowest BCUT2D eigenvalue weighted by molar-refractivity contribution is -0.133. The number of amides is 4. The standard InChI is InChI=1S/C18H25N3O3/c1-5-6-10-18(4)16(23)21(17(24)20-18)11-15(22)19-14-9-7-8-12(2)13(14)3/h7-9H,5-6,10-11H2,1-4H3,(H,19,22)(H,20,24). The first kappa shape index (κ1) is 18.0. The van der Waals surface area contributed by atoms with E-state index in [9.17, 15) is 14.4 Å². The Balaban J connectivity index is 2.05. The van der Waals surface area contributed by atoms with Gasteiger partial charge in [0.2, 0.25) is 5.91 Å². The normalized spacial score (nSPS) is 20.2. The number of unbranched alkanes of at least 4 members (excludes halogenated alkanes) is 1. The molecule has 130 valence electrons. The van der Waals surface area contributed by atoms with Crippen molar-refractivity contribution in [2.24, 2.45) is 0 Å². The van der Waals surface area contributed by atoms with Crippen molar-refractivity contribution in [1.82, 2.24) is 10.2 Å². The number of nitrogens with zero attached hydrogens (tertiary/aromatic N) is 1. The number of imide groups is 1. The Bertz CT molecular complexity index is 671. The number of hydrogen-bond donors (Lipinski definition) is 2. The maximum absolute atomic E-state index is 12.5. The molecule has 0 radical (unpaired) electrons. The van der Waals surface area contributed by atoms with E-state index in [0.717, 1.165) is 28.9 Å². The summed E-state index contributed by atoms with van der Waals surface area (Å²) < 4.78 is 0. The van der Waals surface area contributed by atoms with Gasteiger partial charge in [0, 0.05) is 5.69 Å². The van der Waals surface area contributed by atoms with Crippen LogP contribution in [0.15, 0.2) is 18.2 Å². The van der Waals surface area contributed by atoms with Gasteiger partial charge < -0.3 is 10.6 Å². The van der Waals surface area contributed by atoms with Gasteiger partial charge in [-0.25, -0.2) is 4.79 Å². The average molecular weight is 331 g/mol. The van der Waals surface area contributed by atoms with E-state index in [4.69, 9.17) is 0 Å². The second-order valence-corrected chi connectivity index (χ2v) is 6.55. The van der Waals surface area contributed by atoms with Gasteiger partial charge in [0.15, 0.2) is 0 Å². The minimum Gasteiger partial charge on any atom is -0.324 e. The fourth-order valence-corrected chi connectivity index (χ4v) is 2.81. The van der Waals surface area contributed by atoms with Crippen molar-refractivity contribution in [3.63, 3.8) is 0 Å². The molecule has 1 fully saturated rings. The number of rotatable bonds is 6. The first-order valence-electron chi connectivity index (χ1n) is 8.28. The summed E-state index contributed by atoms with van der Waals surface area (Å²) in [6.07, 6.45) is 2.35. The highest BCUT2D eigenvalue weighted by molar-refractivity contribution is 6.10. The highest BCUT2D eigenvalue weighted by Crippen LogP contribution is 2.24. The highest BCUT2D eigenvalue weighted by atomic mass is 16.2. The lowest BCUT2D eigenvalue weighted by Gasteiger charge is -2.21. The van der Waals surface area contributed by atoms with Gasteiger partial charge in [0.25, 0.3) is 5.91 Å². The van der Waals surface area contributed by atoms with Gasteiger partial charge in [-0.3, -0.25) is 14.5 Å². The molecule has 2 N–H and O–H groups in total. The number of carbonyl (C=O) groups excluding carboxylic acids is 3. The van der Waals surface area contributed by atoms with Gasteiger partial charge in [0.1, 0.15) is 12.1 Å². The van der Waals surface area contributed by atoms with Crippen molar-refractivity contribution in [2.75, 3.05) is 11.9 Å². The van der Waals surface area contributed by atoms with Gasteiger partial charge in [-0.15, -0.1) is 0 Å². The van der Waals surface area contributed by atoms with Crippen molar-refractivity contribution in [2.45, 2.75) is 52.5 Å². The molecule has 0 aromatic heterocycles. The minimum absolute atomic E-state index is 0.278. The van der Waals surface area contributed by atoms with E-state index < -0.39 is 11.6 Å². The van der Waals surface area contributed by atoms with Gasteiger partial charge >= 0.3 is 6.03 Å². The molecule has 1 aromatic rings. The van der Waals surface area contributed by atoms with Crippen LogP contribution in [0.2, 0.25) is 0 Å². The Labute approximate surface area is 142 Å². The van der Waals surface area contributed by atoms with Crippen LogP contribution >= 0.6 is 0 Å². The molecule has 1 saturated heterocycles. The molecule has 0 spiro atoms. The SMILES string of the molecule is CCCCC1(C)NC(=O)N(CC(=O)Nc2cccc(C)c2C)C1=O. The highest BCUT2D eigenvalue weighted by Gasteiger charge is 2.47. The van der Waals surface area contributed by atoms with Crippen molar-refractivity contribution in [3.8, 4) is 0 Å².